The molecule has 170 valence electrons. The zero-order valence-electron chi connectivity index (χ0n) is 16.9. The highest BCUT2D eigenvalue weighted by Crippen LogP contribution is 2.42. The fourth-order valence-corrected chi connectivity index (χ4v) is 5.94. The van der Waals surface area contributed by atoms with Crippen molar-refractivity contribution < 1.29 is 26.3 Å². The maximum atomic E-state index is 12.9. The van der Waals surface area contributed by atoms with E-state index >= 15 is 0 Å². The summed E-state index contributed by atoms with van der Waals surface area (Å²) in [6.07, 6.45) is -2.24. The molecule has 31 heavy (non-hydrogen) atoms. The molecule has 4 rings (SSSR count). The normalized spacial score (nSPS) is 21.9. The number of nitrogens with zero attached hydrogens (tertiary/aromatic N) is 4. The summed E-state index contributed by atoms with van der Waals surface area (Å²) in [6, 6.07) is 7.04. The predicted molar refractivity (Wildman–Crippen MR) is 112 cm³/mol. The number of piperidine rings is 1. The molecule has 1 aromatic carbocycles. The molecule has 0 atom stereocenters. The smallest absolute Gasteiger partial charge is 0.396 e. The fraction of sp³-hybridized carbons (Fsp3) is 0.579. The Hall–Kier alpha value is -1.79. The first-order valence-electron chi connectivity index (χ1n) is 9.81. The molecule has 7 nitrogen and oxygen atoms in total. The topological polar surface area (TPSA) is 74.6 Å². The zero-order valence-corrected chi connectivity index (χ0v) is 18.6. The van der Waals surface area contributed by atoms with Crippen LogP contribution < -0.4 is 0 Å². The van der Waals surface area contributed by atoms with Gasteiger partial charge in [-0.1, -0.05) is 0 Å². The van der Waals surface area contributed by atoms with E-state index in [0.717, 1.165) is 4.90 Å². The van der Waals surface area contributed by atoms with Gasteiger partial charge < -0.3 is 9.64 Å². The van der Waals surface area contributed by atoms with Crippen molar-refractivity contribution in [2.24, 2.45) is 15.4 Å². The van der Waals surface area contributed by atoms with Crippen LogP contribution in [0.15, 0.2) is 44.0 Å². The molecule has 0 aliphatic carbocycles. The number of thioether (sulfide) groups is 1. The summed E-state index contributed by atoms with van der Waals surface area (Å²) < 4.78 is 70.5. The number of hydrogen-bond donors (Lipinski definition) is 0. The zero-order chi connectivity index (χ0) is 22.3. The van der Waals surface area contributed by atoms with E-state index in [2.05, 4.69) is 9.98 Å². The molecule has 1 aromatic rings. The monoisotopic (exact) mass is 476 g/mol. The molecular formula is C19H23F3N4O3S2. The van der Waals surface area contributed by atoms with Gasteiger partial charge in [0.2, 0.25) is 10.0 Å². The lowest BCUT2D eigenvalue weighted by atomic mass is 9.72. The summed E-state index contributed by atoms with van der Waals surface area (Å²) in [6.45, 7) is 1.82. The van der Waals surface area contributed by atoms with Crippen molar-refractivity contribution in [2.45, 2.75) is 35.2 Å². The number of benzene rings is 1. The van der Waals surface area contributed by atoms with E-state index in [0.29, 0.717) is 39.0 Å². The van der Waals surface area contributed by atoms with Gasteiger partial charge in [0.05, 0.1) is 4.90 Å². The molecule has 0 radical (unpaired) electrons. The second kappa shape index (κ2) is 8.28. The molecular weight excluding hydrogens is 453 g/mol. The third kappa shape index (κ3) is 4.85. The summed E-state index contributed by atoms with van der Waals surface area (Å²) in [5, 5.41) is 0. The minimum Gasteiger partial charge on any atom is -0.442 e. The van der Waals surface area contributed by atoms with Gasteiger partial charge in [0, 0.05) is 36.5 Å². The molecule has 0 aromatic heterocycles. The number of likely N-dealkylation sites (tertiary alicyclic amines) is 1. The van der Waals surface area contributed by atoms with Crippen LogP contribution in [0.25, 0.3) is 0 Å². The van der Waals surface area contributed by atoms with Crippen LogP contribution in [-0.4, -0.2) is 74.8 Å². The first kappa shape index (κ1) is 22.4. The lowest BCUT2D eigenvalue weighted by molar-refractivity contribution is -0.121. The summed E-state index contributed by atoms with van der Waals surface area (Å²) in [5.41, 5.74) is -0.0701. The fourth-order valence-electron chi connectivity index (χ4n) is 4.09. The Balaban J connectivity index is 1.34. The number of alkyl halides is 3. The second-order valence-electron chi connectivity index (χ2n) is 7.97. The molecule has 3 aliphatic rings. The number of sulfonamides is 1. The largest absolute Gasteiger partial charge is 0.442 e. The van der Waals surface area contributed by atoms with Gasteiger partial charge in [-0.2, -0.15) is 22.5 Å². The minimum absolute atomic E-state index is 0.0701. The lowest BCUT2D eigenvalue weighted by Crippen LogP contribution is -2.62. The van der Waals surface area contributed by atoms with Gasteiger partial charge in [0.1, 0.15) is 12.3 Å². The lowest BCUT2D eigenvalue weighted by Gasteiger charge is -2.54. The van der Waals surface area contributed by atoms with E-state index < -0.39 is 22.6 Å². The summed E-state index contributed by atoms with van der Waals surface area (Å²) >= 11 is 1.55. The molecule has 12 heteroatoms. The third-order valence-corrected chi connectivity index (χ3v) is 8.48. The Morgan fingerprint density at radius 1 is 1.16 bits per heavy atom. The van der Waals surface area contributed by atoms with Crippen molar-refractivity contribution in [1.29, 1.82) is 0 Å². The maximum Gasteiger partial charge on any atom is 0.396 e. The molecule has 1 spiro atoms. The molecule has 2 saturated heterocycles. The van der Waals surface area contributed by atoms with Crippen LogP contribution in [-0.2, 0) is 14.8 Å². The SMILES string of the molecule is CSc1ccc(S(=O)(=O)N2CCC3(CC2)CN(C2=NC(CC(F)(F)F)=NCO2)C3)cc1. The van der Waals surface area contributed by atoms with Crippen LogP contribution in [0.3, 0.4) is 0 Å². The summed E-state index contributed by atoms with van der Waals surface area (Å²) in [4.78, 5) is 10.7. The Morgan fingerprint density at radius 3 is 2.39 bits per heavy atom. The average molecular weight is 477 g/mol. The van der Waals surface area contributed by atoms with E-state index in [1.165, 1.54) is 4.31 Å². The standard InChI is InChI=1S/C19H23F3N4O3S2/c1-30-14-2-4-15(5-3-14)31(27,28)26-8-6-18(7-9-26)11-25(12-18)17-24-16(23-13-29-17)10-19(20,21)22/h2-5H,6-13H2,1H3. The van der Waals surface area contributed by atoms with Crippen molar-refractivity contribution in [2.75, 3.05) is 39.2 Å². The van der Waals surface area contributed by atoms with Gasteiger partial charge in [-0.05, 0) is 43.4 Å². The minimum atomic E-state index is -4.37. The molecule has 0 bridgehead atoms. The van der Waals surface area contributed by atoms with E-state index in [-0.39, 0.29) is 28.9 Å². The number of hydrogen-bond acceptors (Lipinski definition) is 7. The average Bonchev–Trinajstić information content (AvgIpc) is 2.71. The highest BCUT2D eigenvalue weighted by molar-refractivity contribution is 7.98. The van der Waals surface area contributed by atoms with Crippen LogP contribution in [0.4, 0.5) is 13.2 Å². The van der Waals surface area contributed by atoms with Crippen molar-refractivity contribution in [3.05, 3.63) is 24.3 Å². The van der Waals surface area contributed by atoms with Crippen molar-refractivity contribution >= 4 is 33.6 Å². The van der Waals surface area contributed by atoms with Crippen LogP contribution in [0.2, 0.25) is 0 Å². The summed E-state index contributed by atoms with van der Waals surface area (Å²) in [7, 11) is -3.54. The Labute approximate surface area is 183 Å². The highest BCUT2D eigenvalue weighted by atomic mass is 32.2. The molecule has 0 amide bonds. The van der Waals surface area contributed by atoms with Crippen LogP contribution in [0, 0.1) is 5.41 Å². The third-order valence-electron chi connectivity index (χ3n) is 5.83. The first-order valence-corrected chi connectivity index (χ1v) is 12.5. The quantitative estimate of drug-likeness (QED) is 0.624. The number of halogens is 3. The number of aliphatic imine (C=N–C) groups is 2. The van der Waals surface area contributed by atoms with Crippen molar-refractivity contribution in [1.82, 2.24) is 9.21 Å². The first-order chi connectivity index (χ1) is 14.6. The molecule has 2 fully saturated rings. The van der Waals surface area contributed by atoms with Crippen molar-refractivity contribution in [3.8, 4) is 0 Å². The van der Waals surface area contributed by atoms with Crippen molar-refractivity contribution in [3.63, 3.8) is 0 Å². The van der Waals surface area contributed by atoms with E-state index in [1.807, 2.05) is 6.26 Å². The van der Waals surface area contributed by atoms with Gasteiger partial charge in [0.15, 0.2) is 6.73 Å². The van der Waals surface area contributed by atoms with Gasteiger partial charge in [-0.15, -0.1) is 11.8 Å². The van der Waals surface area contributed by atoms with Crippen LogP contribution in [0.5, 0.6) is 0 Å². The second-order valence-corrected chi connectivity index (χ2v) is 10.8. The van der Waals surface area contributed by atoms with E-state index in [9.17, 15) is 21.6 Å². The maximum absolute atomic E-state index is 12.9. The number of ether oxygens (including phenoxy) is 1. The van der Waals surface area contributed by atoms with E-state index in [1.54, 1.807) is 40.9 Å². The Kier molecular flexibility index (Phi) is 5.99. The highest BCUT2D eigenvalue weighted by Gasteiger charge is 2.48. The van der Waals surface area contributed by atoms with E-state index in [4.69, 9.17) is 4.74 Å². The Morgan fingerprint density at radius 2 is 1.81 bits per heavy atom. The predicted octanol–water partition coefficient (Wildman–Crippen LogP) is 3.19. The molecule has 0 saturated carbocycles. The summed E-state index contributed by atoms with van der Waals surface area (Å²) in [5.74, 6) is -0.275. The molecule has 3 heterocycles. The number of amidine groups is 2. The van der Waals surface area contributed by atoms with Gasteiger partial charge in [-0.3, -0.25) is 0 Å². The van der Waals surface area contributed by atoms with Gasteiger partial charge >= 0.3 is 6.18 Å². The Bertz CT molecular complexity index is 978. The van der Waals surface area contributed by atoms with Gasteiger partial charge in [-0.25, -0.2) is 13.4 Å². The number of rotatable bonds is 4. The van der Waals surface area contributed by atoms with Crippen LogP contribution >= 0.6 is 11.8 Å². The molecule has 0 N–H and O–H groups in total. The molecule has 0 unspecified atom stereocenters. The molecule has 3 aliphatic heterocycles. The van der Waals surface area contributed by atoms with Crippen LogP contribution in [0.1, 0.15) is 19.3 Å². The van der Waals surface area contributed by atoms with Gasteiger partial charge in [0.25, 0.3) is 6.02 Å².